The minimum absolute atomic E-state index is 0. The van der Waals surface area contributed by atoms with Crippen molar-refractivity contribution >= 4 is 29.9 Å². The molecule has 0 fully saturated rings. The molecule has 1 aromatic heterocycles. The van der Waals surface area contributed by atoms with E-state index in [-0.39, 0.29) is 54.3 Å². The Kier molecular flexibility index (Phi) is 9.77. The second-order valence-corrected chi connectivity index (χ2v) is 6.33. The summed E-state index contributed by atoms with van der Waals surface area (Å²) in [5.41, 5.74) is -1.40. The van der Waals surface area contributed by atoms with Gasteiger partial charge in [-0.2, -0.15) is 8.78 Å². The van der Waals surface area contributed by atoms with E-state index in [0.29, 0.717) is 18.1 Å². The molecule has 6 nitrogen and oxygen atoms in total. The molecule has 0 aliphatic carbocycles. The van der Waals surface area contributed by atoms with E-state index in [4.69, 9.17) is 4.42 Å². The van der Waals surface area contributed by atoms with Crippen LogP contribution in [-0.4, -0.2) is 30.8 Å². The fourth-order valence-electron chi connectivity index (χ4n) is 2.47. The standard InChI is InChI=1S/C19H24F3N3O3.HI/c1-4-23-18(25-11-19(3,26)16-9-8-12(2)27-16)24-10-13-14(20)6-5-7-15(13)28-17(21)22;/h5-9,17,26H,4,10-11H2,1-3H3,(H2,23,24,25);1H. The highest BCUT2D eigenvalue weighted by molar-refractivity contribution is 14.0. The Bertz CT molecular complexity index is 813. The van der Waals surface area contributed by atoms with E-state index in [1.54, 1.807) is 26.0 Å². The maximum atomic E-state index is 14.0. The normalized spacial score (nSPS) is 13.6. The number of hydrogen-bond acceptors (Lipinski definition) is 4. The van der Waals surface area contributed by atoms with E-state index in [2.05, 4.69) is 20.4 Å². The maximum absolute atomic E-state index is 14.0. The van der Waals surface area contributed by atoms with Crippen LogP contribution >= 0.6 is 24.0 Å². The van der Waals surface area contributed by atoms with Crippen LogP contribution < -0.4 is 15.4 Å². The van der Waals surface area contributed by atoms with Gasteiger partial charge < -0.3 is 24.9 Å². The number of ether oxygens (including phenoxy) is 1. The van der Waals surface area contributed by atoms with Crippen LogP contribution in [0.3, 0.4) is 0 Å². The number of benzene rings is 1. The van der Waals surface area contributed by atoms with Crippen molar-refractivity contribution in [1.29, 1.82) is 0 Å². The van der Waals surface area contributed by atoms with Crippen molar-refractivity contribution in [3.8, 4) is 5.75 Å². The van der Waals surface area contributed by atoms with Gasteiger partial charge in [0.15, 0.2) is 5.96 Å². The summed E-state index contributed by atoms with van der Waals surface area (Å²) < 4.78 is 48.9. The summed E-state index contributed by atoms with van der Waals surface area (Å²) in [6, 6.07) is 7.10. The summed E-state index contributed by atoms with van der Waals surface area (Å²) in [7, 11) is 0. The van der Waals surface area contributed by atoms with Crippen LogP contribution in [0.25, 0.3) is 0 Å². The van der Waals surface area contributed by atoms with E-state index >= 15 is 0 Å². The molecule has 1 aromatic carbocycles. The summed E-state index contributed by atoms with van der Waals surface area (Å²) in [4.78, 5) is 4.20. The molecule has 10 heteroatoms. The van der Waals surface area contributed by atoms with E-state index in [9.17, 15) is 18.3 Å². The first kappa shape index (κ1) is 25.1. The van der Waals surface area contributed by atoms with Crippen molar-refractivity contribution in [2.45, 2.75) is 39.5 Å². The van der Waals surface area contributed by atoms with Crippen LogP contribution in [0.4, 0.5) is 13.2 Å². The molecule has 1 heterocycles. The second kappa shape index (κ2) is 11.3. The van der Waals surface area contributed by atoms with Crippen molar-refractivity contribution in [3.63, 3.8) is 0 Å². The van der Waals surface area contributed by atoms with Gasteiger partial charge in [0.25, 0.3) is 0 Å². The van der Waals surface area contributed by atoms with Crippen LogP contribution in [0.2, 0.25) is 0 Å². The van der Waals surface area contributed by atoms with Crippen LogP contribution in [0.1, 0.15) is 30.9 Å². The van der Waals surface area contributed by atoms with E-state index in [1.807, 2.05) is 6.92 Å². The van der Waals surface area contributed by atoms with Crippen LogP contribution in [-0.2, 0) is 12.1 Å². The number of halogens is 4. The summed E-state index contributed by atoms with van der Waals surface area (Å²) in [5.74, 6) is 0.359. The van der Waals surface area contributed by atoms with E-state index < -0.39 is 18.0 Å². The largest absolute Gasteiger partial charge is 0.463 e. The molecule has 2 aromatic rings. The lowest BCUT2D eigenvalue weighted by molar-refractivity contribution is -0.0506. The smallest absolute Gasteiger partial charge is 0.387 e. The summed E-state index contributed by atoms with van der Waals surface area (Å²) in [6.07, 6.45) is 0. The van der Waals surface area contributed by atoms with Crippen molar-refractivity contribution in [2.24, 2.45) is 4.99 Å². The molecule has 1 atom stereocenters. The lowest BCUT2D eigenvalue weighted by atomic mass is 10.0. The minimum atomic E-state index is -3.07. The van der Waals surface area contributed by atoms with Gasteiger partial charge in [0, 0.05) is 6.54 Å². The number of rotatable bonds is 8. The zero-order chi connectivity index (χ0) is 20.7. The Morgan fingerprint density at radius 1 is 1.28 bits per heavy atom. The number of guanidine groups is 1. The quantitative estimate of drug-likeness (QED) is 0.276. The van der Waals surface area contributed by atoms with Crippen molar-refractivity contribution < 1.29 is 27.4 Å². The third kappa shape index (κ3) is 7.42. The summed E-state index contributed by atoms with van der Waals surface area (Å²) >= 11 is 0. The van der Waals surface area contributed by atoms with Crippen molar-refractivity contribution in [2.75, 3.05) is 13.1 Å². The molecule has 2 rings (SSSR count). The molecule has 162 valence electrons. The second-order valence-electron chi connectivity index (χ2n) is 6.33. The Balaban J connectivity index is 0.00000420. The third-order valence-corrected chi connectivity index (χ3v) is 3.90. The van der Waals surface area contributed by atoms with Gasteiger partial charge in [0.2, 0.25) is 0 Å². The number of aryl methyl sites for hydroxylation is 1. The maximum Gasteiger partial charge on any atom is 0.387 e. The average molecular weight is 527 g/mol. The Morgan fingerprint density at radius 2 is 2.00 bits per heavy atom. The van der Waals surface area contributed by atoms with Gasteiger partial charge >= 0.3 is 6.61 Å². The molecule has 0 amide bonds. The molecule has 0 saturated carbocycles. The lowest BCUT2D eigenvalue weighted by Gasteiger charge is -2.23. The molecule has 0 saturated heterocycles. The number of nitrogens with zero attached hydrogens (tertiary/aromatic N) is 1. The van der Waals surface area contributed by atoms with Gasteiger partial charge in [0.05, 0.1) is 18.7 Å². The average Bonchev–Trinajstić information content (AvgIpc) is 3.06. The zero-order valence-electron chi connectivity index (χ0n) is 16.3. The van der Waals surface area contributed by atoms with Crippen LogP contribution in [0.15, 0.2) is 39.7 Å². The first-order valence-electron chi connectivity index (χ1n) is 8.76. The fourth-order valence-corrected chi connectivity index (χ4v) is 2.47. The van der Waals surface area contributed by atoms with Gasteiger partial charge in [0.1, 0.15) is 28.7 Å². The first-order chi connectivity index (χ1) is 13.2. The van der Waals surface area contributed by atoms with E-state index in [0.717, 1.165) is 6.07 Å². The van der Waals surface area contributed by atoms with Gasteiger partial charge in [-0.15, -0.1) is 24.0 Å². The Labute approximate surface area is 184 Å². The topological polar surface area (TPSA) is 79.0 Å². The predicted molar refractivity (Wildman–Crippen MR) is 114 cm³/mol. The van der Waals surface area contributed by atoms with Crippen molar-refractivity contribution in [3.05, 3.63) is 53.2 Å². The molecular weight excluding hydrogens is 502 g/mol. The fraction of sp³-hybridized carbons (Fsp3) is 0.421. The molecular formula is C19H25F3IN3O3. The Hall–Kier alpha value is -1.95. The third-order valence-electron chi connectivity index (χ3n) is 3.90. The number of alkyl halides is 2. The minimum Gasteiger partial charge on any atom is -0.463 e. The van der Waals surface area contributed by atoms with Crippen LogP contribution in [0.5, 0.6) is 5.75 Å². The molecule has 29 heavy (non-hydrogen) atoms. The summed E-state index contributed by atoms with van der Waals surface area (Å²) in [6.45, 7) is 2.45. The van der Waals surface area contributed by atoms with Crippen molar-refractivity contribution in [1.82, 2.24) is 10.6 Å². The number of nitrogens with one attached hydrogen (secondary N) is 2. The van der Waals surface area contributed by atoms with Gasteiger partial charge in [-0.3, -0.25) is 0 Å². The first-order valence-corrected chi connectivity index (χ1v) is 8.76. The van der Waals surface area contributed by atoms with E-state index in [1.165, 1.54) is 12.1 Å². The highest BCUT2D eigenvalue weighted by atomic mass is 127. The highest BCUT2D eigenvalue weighted by Crippen LogP contribution is 2.24. The lowest BCUT2D eigenvalue weighted by Crippen LogP contribution is -2.44. The summed E-state index contributed by atoms with van der Waals surface area (Å²) in [5, 5.41) is 16.5. The molecule has 0 spiro atoms. The molecule has 0 radical (unpaired) electrons. The molecule has 0 aliphatic heterocycles. The molecule has 1 unspecified atom stereocenters. The molecule has 3 N–H and O–H groups in total. The number of furan rings is 1. The Morgan fingerprint density at radius 3 is 2.59 bits per heavy atom. The zero-order valence-corrected chi connectivity index (χ0v) is 18.7. The number of aliphatic hydroxyl groups is 1. The highest BCUT2D eigenvalue weighted by Gasteiger charge is 2.27. The van der Waals surface area contributed by atoms with Gasteiger partial charge in [-0.1, -0.05) is 6.07 Å². The number of hydrogen-bond donors (Lipinski definition) is 3. The molecule has 0 aliphatic rings. The van der Waals surface area contributed by atoms with Crippen LogP contribution in [0, 0.1) is 12.7 Å². The monoisotopic (exact) mass is 527 g/mol. The molecule has 0 bridgehead atoms. The number of aliphatic imine (C=N–C) groups is 1. The van der Waals surface area contributed by atoms with Gasteiger partial charge in [-0.05, 0) is 45.0 Å². The predicted octanol–water partition coefficient (Wildman–Crippen LogP) is 3.91. The van der Waals surface area contributed by atoms with Gasteiger partial charge in [-0.25, -0.2) is 9.38 Å². The SMILES string of the molecule is CCNC(=NCc1c(F)cccc1OC(F)F)NCC(C)(O)c1ccc(C)o1.I.